The number of esters is 4. The lowest BCUT2D eigenvalue weighted by Gasteiger charge is -2.21. The number of aliphatic hydroxyl groups excluding tert-OH is 1. The van der Waals surface area contributed by atoms with Crippen molar-refractivity contribution in [2.24, 2.45) is 0 Å². The molecule has 0 aromatic heterocycles. The van der Waals surface area contributed by atoms with Gasteiger partial charge in [-0.15, -0.1) is 0 Å². The molecule has 0 rings (SSSR count). The van der Waals surface area contributed by atoms with Crippen molar-refractivity contribution in [3.05, 3.63) is 182 Å². The zero-order valence-corrected chi connectivity index (χ0v) is 65.9. The molecule has 104 heavy (non-hydrogen) atoms. The molecule has 0 aromatic rings. The van der Waals surface area contributed by atoms with E-state index in [1.807, 2.05) is 18.2 Å². The highest BCUT2D eigenvalue weighted by Gasteiger charge is 2.30. The number of hydrogen-bond acceptors (Lipinski definition) is 15. The number of unbranched alkanes of at least 4 members (excludes halogenated alkanes) is 15. The molecule has 5 unspecified atom stereocenters. The number of rotatable bonds is 71. The van der Waals surface area contributed by atoms with E-state index in [0.29, 0.717) is 32.1 Å². The van der Waals surface area contributed by atoms with Crippen LogP contribution in [-0.2, 0) is 65.4 Å². The number of carbonyl (C=O) groups is 4. The first-order valence-electron chi connectivity index (χ1n) is 39.0. The zero-order valence-electron chi connectivity index (χ0n) is 64.1. The van der Waals surface area contributed by atoms with Crippen molar-refractivity contribution >= 4 is 39.5 Å². The molecular formula is C85H136O17P2. The Kier molecular flexibility index (Phi) is 71.2. The van der Waals surface area contributed by atoms with Crippen LogP contribution >= 0.6 is 15.6 Å². The lowest BCUT2D eigenvalue weighted by Crippen LogP contribution is -2.30. The molecular weight excluding hydrogens is 1350 g/mol. The SMILES string of the molecule is CC/C=C\C/C=C\C/C=C\C/C=C\C/C=C\C/C=C\CCC(=O)OCC(COP(=O)(O)OCC(O)COP(=O)(O)OCC(COC(=O)CCCCCCC/C=C\C/C=C\C/C=C\CC)OC(=O)CCCCCCC/C=C\C/C=C\CCC)OC(=O)CCCCCC/C=C\C/C=C\C/C=C\C/C=C\CC. The molecule has 0 amide bonds. The second-order valence-electron chi connectivity index (χ2n) is 25.1. The molecule has 0 saturated carbocycles. The zero-order chi connectivity index (χ0) is 76.0. The van der Waals surface area contributed by atoms with E-state index in [4.69, 9.17) is 37.0 Å². The Labute approximate surface area is 628 Å². The number of aliphatic hydroxyl groups is 1. The maximum atomic E-state index is 13.1. The molecule has 0 bridgehead atoms. The van der Waals surface area contributed by atoms with Crippen LogP contribution < -0.4 is 0 Å². The molecule has 0 heterocycles. The van der Waals surface area contributed by atoms with Crippen LogP contribution in [0, 0.1) is 0 Å². The standard InChI is InChI=1S/C85H136O17P2/c1-5-9-13-17-21-25-29-33-36-38-39-41-43-47-50-54-58-62-66-70-83(88)96-76-81(102-85(90)72-68-64-60-56-52-48-44-40-37-34-30-26-22-18-14-10-6-2)78-100-104(93,94)98-74-79(86)73-97-103(91,92)99-77-80(101-84(89)71-67-63-59-55-51-45-32-28-24-20-16-12-8-4)75-95-82(87)69-65-61-57-53-49-46-42-35-31-27-23-19-15-11-7-3/h9-11,13-16,20-23,25-28,32-37,39,41-42,44,47-48,50,58,62,79-81,86H,5-8,12,17-19,24,29-31,38,40,43,45-46,49,51-57,59-61,63-78H2,1-4H3,(H,91,92)(H,93,94)/b13-9-,14-10-,15-11-,20-16-,25-21-,26-22-,27-23-,32-28-,36-33-,37-34-,41-39-,42-35-,48-44-,50-47-,62-58-. The summed E-state index contributed by atoms with van der Waals surface area (Å²) in [7, 11) is -10.0. The molecule has 19 heteroatoms. The molecule has 0 aliphatic rings. The fourth-order valence-corrected chi connectivity index (χ4v) is 11.1. The predicted octanol–water partition coefficient (Wildman–Crippen LogP) is 22.8. The smallest absolute Gasteiger partial charge is 0.462 e. The van der Waals surface area contributed by atoms with Gasteiger partial charge >= 0.3 is 39.5 Å². The van der Waals surface area contributed by atoms with Crippen molar-refractivity contribution in [3.8, 4) is 0 Å². The average Bonchev–Trinajstić information content (AvgIpc) is 0.911. The largest absolute Gasteiger partial charge is 0.472 e. The summed E-state index contributed by atoms with van der Waals surface area (Å²) in [6.07, 6.45) is 90.3. The van der Waals surface area contributed by atoms with Gasteiger partial charge in [-0.05, 0) is 161 Å². The maximum absolute atomic E-state index is 13.1. The van der Waals surface area contributed by atoms with E-state index in [2.05, 4.69) is 192 Å². The van der Waals surface area contributed by atoms with Crippen LogP contribution in [-0.4, -0.2) is 96.7 Å². The summed E-state index contributed by atoms with van der Waals surface area (Å²) in [5.41, 5.74) is 0. The number of phosphoric acid groups is 2. The van der Waals surface area contributed by atoms with Gasteiger partial charge in [0, 0.05) is 25.7 Å². The highest BCUT2D eigenvalue weighted by molar-refractivity contribution is 7.47. The van der Waals surface area contributed by atoms with E-state index in [1.54, 1.807) is 0 Å². The number of ether oxygens (including phenoxy) is 4. The third-order valence-corrected chi connectivity index (χ3v) is 17.2. The molecule has 0 spiro atoms. The molecule has 0 saturated heterocycles. The Morgan fingerprint density at radius 3 is 0.827 bits per heavy atom. The van der Waals surface area contributed by atoms with Crippen LogP contribution in [0.25, 0.3) is 0 Å². The fraction of sp³-hybridized carbons (Fsp3) is 0.600. The molecule has 588 valence electrons. The minimum absolute atomic E-state index is 0.0229. The van der Waals surface area contributed by atoms with Gasteiger partial charge in [0.1, 0.15) is 19.3 Å². The molecule has 0 radical (unpaired) electrons. The fourth-order valence-electron chi connectivity index (χ4n) is 9.52. The van der Waals surface area contributed by atoms with E-state index >= 15 is 0 Å². The van der Waals surface area contributed by atoms with Crippen LogP contribution in [0.5, 0.6) is 0 Å². The van der Waals surface area contributed by atoms with E-state index in [1.165, 1.54) is 0 Å². The van der Waals surface area contributed by atoms with Crippen LogP contribution in [0.2, 0.25) is 0 Å². The Bertz CT molecular complexity index is 2690. The van der Waals surface area contributed by atoms with Crippen molar-refractivity contribution in [3.63, 3.8) is 0 Å². The van der Waals surface area contributed by atoms with Crippen LogP contribution in [0.4, 0.5) is 0 Å². The molecule has 0 fully saturated rings. The molecule has 5 atom stereocenters. The van der Waals surface area contributed by atoms with Gasteiger partial charge in [0.15, 0.2) is 12.2 Å². The van der Waals surface area contributed by atoms with Gasteiger partial charge in [-0.25, -0.2) is 9.13 Å². The molecule has 17 nitrogen and oxygen atoms in total. The van der Waals surface area contributed by atoms with Crippen molar-refractivity contribution in [1.82, 2.24) is 0 Å². The van der Waals surface area contributed by atoms with E-state index in [0.717, 1.165) is 186 Å². The lowest BCUT2D eigenvalue weighted by molar-refractivity contribution is -0.161. The van der Waals surface area contributed by atoms with Gasteiger partial charge in [-0.2, -0.15) is 0 Å². The first-order valence-corrected chi connectivity index (χ1v) is 42.0. The molecule has 3 N–H and O–H groups in total. The van der Waals surface area contributed by atoms with E-state index < -0.39 is 97.5 Å². The van der Waals surface area contributed by atoms with Crippen LogP contribution in [0.3, 0.4) is 0 Å². The second kappa shape index (κ2) is 75.4. The molecule has 0 aliphatic heterocycles. The van der Waals surface area contributed by atoms with Crippen LogP contribution in [0.15, 0.2) is 182 Å². The average molecular weight is 1490 g/mol. The summed E-state index contributed by atoms with van der Waals surface area (Å²) in [5, 5.41) is 10.6. The number of allylic oxidation sites excluding steroid dienone is 30. The van der Waals surface area contributed by atoms with E-state index in [-0.39, 0.29) is 25.7 Å². The van der Waals surface area contributed by atoms with Gasteiger partial charge in [0.25, 0.3) is 0 Å². The van der Waals surface area contributed by atoms with Gasteiger partial charge in [0.2, 0.25) is 0 Å². The Morgan fingerprint density at radius 2 is 0.519 bits per heavy atom. The van der Waals surface area contributed by atoms with Crippen LogP contribution in [0.1, 0.15) is 272 Å². The topological polar surface area (TPSA) is 237 Å². The van der Waals surface area contributed by atoms with Crippen molar-refractivity contribution < 1.29 is 80.2 Å². The summed E-state index contributed by atoms with van der Waals surface area (Å²) in [6.45, 7) is 4.29. The Balaban J connectivity index is 5.49. The number of hydrogen-bond donors (Lipinski definition) is 3. The normalized spacial score (nSPS) is 14.9. The predicted molar refractivity (Wildman–Crippen MR) is 426 cm³/mol. The van der Waals surface area contributed by atoms with Gasteiger partial charge in [-0.1, -0.05) is 268 Å². The van der Waals surface area contributed by atoms with Gasteiger partial charge in [-0.3, -0.25) is 37.3 Å². The lowest BCUT2D eigenvalue weighted by atomic mass is 10.1. The van der Waals surface area contributed by atoms with Crippen molar-refractivity contribution in [2.75, 3.05) is 39.6 Å². The number of phosphoric ester groups is 2. The maximum Gasteiger partial charge on any atom is 0.472 e. The summed E-state index contributed by atoms with van der Waals surface area (Å²) >= 11 is 0. The molecule has 0 aliphatic carbocycles. The second-order valence-corrected chi connectivity index (χ2v) is 28.1. The van der Waals surface area contributed by atoms with Gasteiger partial charge < -0.3 is 33.8 Å². The summed E-state index contributed by atoms with van der Waals surface area (Å²) < 4.78 is 68.4. The highest BCUT2D eigenvalue weighted by Crippen LogP contribution is 2.45. The summed E-state index contributed by atoms with van der Waals surface area (Å²) in [5.74, 6) is -2.35. The number of carbonyl (C=O) groups excluding carboxylic acids is 4. The first kappa shape index (κ1) is 98.2. The third-order valence-electron chi connectivity index (χ3n) is 15.3. The monoisotopic (exact) mass is 1490 g/mol. The summed E-state index contributed by atoms with van der Waals surface area (Å²) in [6, 6.07) is 0. The van der Waals surface area contributed by atoms with E-state index in [9.17, 15) is 43.2 Å². The quantitative estimate of drug-likeness (QED) is 0.0169. The third kappa shape index (κ3) is 74.4. The Hall–Kier alpha value is -5.84. The highest BCUT2D eigenvalue weighted by atomic mass is 31.2. The summed E-state index contributed by atoms with van der Waals surface area (Å²) in [4.78, 5) is 72.9. The first-order chi connectivity index (χ1) is 50.7. The Morgan fingerprint density at radius 1 is 0.279 bits per heavy atom. The van der Waals surface area contributed by atoms with Crippen molar-refractivity contribution in [1.29, 1.82) is 0 Å². The van der Waals surface area contributed by atoms with Gasteiger partial charge in [0.05, 0.1) is 26.4 Å². The minimum Gasteiger partial charge on any atom is -0.462 e. The van der Waals surface area contributed by atoms with Crippen molar-refractivity contribution in [2.45, 2.75) is 290 Å². The minimum atomic E-state index is -5.01. The molecule has 0 aromatic carbocycles.